The summed E-state index contributed by atoms with van der Waals surface area (Å²) in [5, 5.41) is 13.9. The molecule has 0 spiro atoms. The van der Waals surface area contributed by atoms with E-state index in [4.69, 9.17) is 4.42 Å². The van der Waals surface area contributed by atoms with Gasteiger partial charge in [-0.25, -0.2) is 4.79 Å². The number of carbonyl (C=O) groups excluding carboxylic acids is 1. The van der Waals surface area contributed by atoms with Gasteiger partial charge in [0.05, 0.1) is 16.5 Å². The Hall–Kier alpha value is -2.64. The van der Waals surface area contributed by atoms with E-state index in [0.717, 1.165) is 25.7 Å². The summed E-state index contributed by atoms with van der Waals surface area (Å²) >= 11 is 0. The third-order valence-corrected chi connectivity index (χ3v) is 4.87. The summed E-state index contributed by atoms with van der Waals surface area (Å²) < 4.78 is 6.50. The first-order chi connectivity index (χ1) is 12.5. The molecule has 3 rings (SSSR count). The molecule has 140 valence electrons. The number of nitro groups is 1. The van der Waals surface area contributed by atoms with Crippen molar-refractivity contribution >= 4 is 22.7 Å². The van der Waals surface area contributed by atoms with Gasteiger partial charge in [-0.05, 0) is 25.3 Å². The van der Waals surface area contributed by atoms with Gasteiger partial charge in [-0.3, -0.25) is 19.5 Å². The van der Waals surface area contributed by atoms with Crippen molar-refractivity contribution in [1.29, 1.82) is 0 Å². The SMILES string of the molecule is O=C(CCCn1c(=O)oc2cc([N+](=O)[O-])ccc21)NC1CCCCCC1. The van der Waals surface area contributed by atoms with E-state index >= 15 is 0 Å². The Bertz CT molecular complexity index is 846. The Morgan fingerprint density at radius 3 is 2.69 bits per heavy atom. The molecule has 8 nitrogen and oxygen atoms in total. The van der Waals surface area contributed by atoms with Crippen LogP contribution in [0.3, 0.4) is 0 Å². The topological polar surface area (TPSA) is 107 Å². The fraction of sp³-hybridized carbons (Fsp3) is 0.556. The highest BCUT2D eigenvalue weighted by Crippen LogP contribution is 2.20. The molecule has 0 saturated heterocycles. The van der Waals surface area contributed by atoms with Crippen molar-refractivity contribution in [3.63, 3.8) is 0 Å². The number of hydrogen-bond acceptors (Lipinski definition) is 5. The van der Waals surface area contributed by atoms with Gasteiger partial charge < -0.3 is 9.73 Å². The van der Waals surface area contributed by atoms with Crippen molar-refractivity contribution in [1.82, 2.24) is 9.88 Å². The van der Waals surface area contributed by atoms with Crippen molar-refractivity contribution < 1.29 is 14.1 Å². The third-order valence-electron chi connectivity index (χ3n) is 4.87. The highest BCUT2D eigenvalue weighted by atomic mass is 16.6. The summed E-state index contributed by atoms with van der Waals surface area (Å²) in [5.74, 6) is -0.557. The van der Waals surface area contributed by atoms with E-state index in [-0.39, 0.29) is 23.2 Å². The van der Waals surface area contributed by atoms with Crippen LogP contribution >= 0.6 is 0 Å². The highest BCUT2D eigenvalue weighted by Gasteiger charge is 2.16. The van der Waals surface area contributed by atoms with E-state index in [9.17, 15) is 19.7 Å². The molecule has 1 fully saturated rings. The number of non-ortho nitro benzene ring substituents is 1. The van der Waals surface area contributed by atoms with Crippen LogP contribution in [-0.2, 0) is 11.3 Å². The minimum atomic E-state index is -0.565. The maximum atomic E-state index is 12.1. The van der Waals surface area contributed by atoms with Crippen LogP contribution in [0.4, 0.5) is 5.69 Å². The molecule has 1 N–H and O–H groups in total. The predicted octanol–water partition coefficient (Wildman–Crippen LogP) is 3.12. The van der Waals surface area contributed by atoms with Gasteiger partial charge in [-0.1, -0.05) is 25.7 Å². The molecule has 0 bridgehead atoms. The highest BCUT2D eigenvalue weighted by molar-refractivity contribution is 5.77. The molecule has 26 heavy (non-hydrogen) atoms. The van der Waals surface area contributed by atoms with Gasteiger partial charge in [0.25, 0.3) is 5.69 Å². The van der Waals surface area contributed by atoms with Gasteiger partial charge in [0, 0.05) is 25.1 Å². The zero-order chi connectivity index (χ0) is 18.5. The number of nitrogens with zero attached hydrogens (tertiary/aromatic N) is 2. The number of rotatable bonds is 6. The monoisotopic (exact) mass is 361 g/mol. The van der Waals surface area contributed by atoms with E-state index in [1.165, 1.54) is 35.6 Å². The molecule has 2 aromatic rings. The number of fused-ring (bicyclic) bond motifs is 1. The molecule has 8 heteroatoms. The molecule has 1 heterocycles. The lowest BCUT2D eigenvalue weighted by molar-refractivity contribution is -0.384. The van der Waals surface area contributed by atoms with Gasteiger partial charge in [0.2, 0.25) is 5.91 Å². The Labute approximate surface area is 150 Å². The molecule has 1 amide bonds. The predicted molar refractivity (Wildman–Crippen MR) is 96.0 cm³/mol. The molecule has 1 aromatic heterocycles. The lowest BCUT2D eigenvalue weighted by atomic mass is 10.1. The van der Waals surface area contributed by atoms with Crippen molar-refractivity contribution in [3.05, 3.63) is 38.9 Å². The van der Waals surface area contributed by atoms with Gasteiger partial charge in [-0.15, -0.1) is 0 Å². The number of nitrogens with one attached hydrogen (secondary N) is 1. The van der Waals surface area contributed by atoms with Gasteiger partial charge >= 0.3 is 5.76 Å². The average molecular weight is 361 g/mol. The Morgan fingerprint density at radius 1 is 1.27 bits per heavy atom. The van der Waals surface area contributed by atoms with Crippen LogP contribution in [0.25, 0.3) is 11.1 Å². The second-order valence-corrected chi connectivity index (χ2v) is 6.79. The summed E-state index contributed by atoms with van der Waals surface area (Å²) in [6.07, 6.45) is 7.71. The standard InChI is InChI=1S/C18H23N3O5/c22-17(19-13-6-3-1-2-4-7-13)8-5-11-20-15-10-9-14(21(24)25)12-16(15)26-18(20)23/h9-10,12-13H,1-8,11H2,(H,19,22). The molecule has 0 radical (unpaired) electrons. The van der Waals surface area contributed by atoms with E-state index < -0.39 is 10.7 Å². The number of aryl methyl sites for hydroxylation is 1. The summed E-state index contributed by atoms with van der Waals surface area (Å²) in [7, 11) is 0. The number of carbonyl (C=O) groups is 1. The second-order valence-electron chi connectivity index (χ2n) is 6.79. The smallest absolute Gasteiger partial charge is 0.407 e. The average Bonchev–Trinajstić information content (AvgIpc) is 2.76. The molecule has 1 aliphatic rings. The molecule has 1 aromatic carbocycles. The molecule has 1 saturated carbocycles. The molecule has 0 aliphatic heterocycles. The molecular formula is C18H23N3O5. The van der Waals surface area contributed by atoms with Crippen molar-refractivity contribution in [2.75, 3.05) is 0 Å². The molecule has 0 atom stereocenters. The lowest BCUT2D eigenvalue weighted by Crippen LogP contribution is -2.34. The number of hydrogen-bond donors (Lipinski definition) is 1. The first-order valence-electron chi connectivity index (χ1n) is 9.12. The Kier molecular flexibility index (Phi) is 5.70. The van der Waals surface area contributed by atoms with Gasteiger partial charge in [-0.2, -0.15) is 0 Å². The third kappa shape index (κ3) is 4.30. The van der Waals surface area contributed by atoms with Crippen LogP contribution in [0.5, 0.6) is 0 Å². The van der Waals surface area contributed by atoms with Gasteiger partial charge in [0.15, 0.2) is 5.58 Å². The van der Waals surface area contributed by atoms with Crippen LogP contribution < -0.4 is 11.1 Å². The normalized spacial score (nSPS) is 15.7. The zero-order valence-corrected chi connectivity index (χ0v) is 14.6. The summed E-state index contributed by atoms with van der Waals surface area (Å²) in [6.45, 7) is 0.335. The minimum Gasteiger partial charge on any atom is -0.407 e. The maximum Gasteiger partial charge on any atom is 0.419 e. The number of nitro benzene ring substituents is 1. The van der Waals surface area contributed by atoms with Crippen molar-refractivity contribution in [2.45, 2.75) is 64.0 Å². The lowest BCUT2D eigenvalue weighted by Gasteiger charge is -2.16. The Balaban J connectivity index is 1.57. The van der Waals surface area contributed by atoms with Crippen LogP contribution in [-0.4, -0.2) is 21.4 Å². The van der Waals surface area contributed by atoms with Crippen molar-refractivity contribution in [2.24, 2.45) is 0 Å². The van der Waals surface area contributed by atoms with Crippen LogP contribution in [0, 0.1) is 10.1 Å². The van der Waals surface area contributed by atoms with E-state index in [2.05, 4.69) is 5.32 Å². The number of aromatic nitrogens is 1. The van der Waals surface area contributed by atoms with E-state index in [1.54, 1.807) is 0 Å². The van der Waals surface area contributed by atoms with Crippen molar-refractivity contribution in [3.8, 4) is 0 Å². The number of benzene rings is 1. The summed E-state index contributed by atoms with van der Waals surface area (Å²) in [5.41, 5.74) is 0.568. The number of oxazole rings is 1. The minimum absolute atomic E-state index is 0.00777. The number of amides is 1. The van der Waals surface area contributed by atoms with Crippen LogP contribution in [0.1, 0.15) is 51.4 Å². The first-order valence-corrected chi connectivity index (χ1v) is 9.12. The van der Waals surface area contributed by atoms with Crippen LogP contribution in [0.15, 0.2) is 27.4 Å². The van der Waals surface area contributed by atoms with Gasteiger partial charge in [0.1, 0.15) is 0 Å². The molecular weight excluding hydrogens is 338 g/mol. The van der Waals surface area contributed by atoms with E-state index in [0.29, 0.717) is 24.9 Å². The van der Waals surface area contributed by atoms with E-state index in [1.807, 2.05) is 0 Å². The maximum absolute atomic E-state index is 12.1. The largest absolute Gasteiger partial charge is 0.419 e. The first kappa shape index (κ1) is 18.2. The summed E-state index contributed by atoms with van der Waals surface area (Å²) in [6, 6.07) is 4.35. The fourth-order valence-electron chi connectivity index (χ4n) is 3.50. The quantitative estimate of drug-likeness (QED) is 0.483. The summed E-state index contributed by atoms with van der Waals surface area (Å²) in [4.78, 5) is 34.4. The second kappa shape index (κ2) is 8.16. The fourth-order valence-corrected chi connectivity index (χ4v) is 3.50. The zero-order valence-electron chi connectivity index (χ0n) is 14.6. The Morgan fingerprint density at radius 2 is 2.00 bits per heavy atom. The molecule has 0 unspecified atom stereocenters. The molecule has 1 aliphatic carbocycles. The van der Waals surface area contributed by atoms with Crippen LogP contribution in [0.2, 0.25) is 0 Å².